The Morgan fingerprint density at radius 1 is 1.07 bits per heavy atom. The molecule has 2 aromatic carbocycles. The van der Waals surface area contributed by atoms with E-state index in [1.165, 1.54) is 30.3 Å². The van der Waals surface area contributed by atoms with Crippen LogP contribution in [0.1, 0.15) is 72.1 Å². The third kappa shape index (κ3) is 5.28. The molecule has 4 aromatic rings. The van der Waals surface area contributed by atoms with Crippen LogP contribution < -0.4 is 14.8 Å². The molecule has 8 rings (SSSR count). The Bertz CT molecular complexity index is 1810. The van der Waals surface area contributed by atoms with Gasteiger partial charge in [-0.2, -0.15) is 18.3 Å². The first-order chi connectivity index (χ1) is 21.6. The Balaban J connectivity index is 1.13. The predicted molar refractivity (Wildman–Crippen MR) is 155 cm³/mol. The van der Waals surface area contributed by atoms with Gasteiger partial charge in [-0.3, -0.25) is 9.48 Å². The maximum absolute atomic E-state index is 14.1. The molecule has 45 heavy (non-hydrogen) atoms. The SMILES string of the molecule is O=C(NCC(O)(c1cc2c(c(-c3ccc(F)cc3)n1)OC[C@H]2C(F)(F)F)C1CC1)c1cc(OC2CC2)c2nn(C3CC3)cc2c1. The summed E-state index contributed by atoms with van der Waals surface area (Å²) in [6.07, 6.45) is 2.60. The number of alkyl halides is 3. The van der Waals surface area contributed by atoms with Crippen LogP contribution in [0.5, 0.6) is 11.5 Å². The van der Waals surface area contributed by atoms with Crippen molar-refractivity contribution in [1.82, 2.24) is 20.1 Å². The van der Waals surface area contributed by atoms with E-state index in [1.54, 1.807) is 12.1 Å². The number of nitrogens with one attached hydrogen (secondary N) is 1. The fourth-order valence-electron chi connectivity index (χ4n) is 6.07. The quantitative estimate of drug-likeness (QED) is 0.217. The van der Waals surface area contributed by atoms with E-state index >= 15 is 0 Å². The summed E-state index contributed by atoms with van der Waals surface area (Å²) in [7, 11) is 0. The lowest BCUT2D eigenvalue weighted by Crippen LogP contribution is -2.43. The van der Waals surface area contributed by atoms with Gasteiger partial charge in [0.1, 0.15) is 46.7 Å². The summed E-state index contributed by atoms with van der Waals surface area (Å²) < 4.78 is 69.4. The topological polar surface area (TPSA) is 98.5 Å². The first-order valence-corrected chi connectivity index (χ1v) is 15.3. The number of aromatic nitrogens is 3. The van der Waals surface area contributed by atoms with Crippen molar-refractivity contribution in [3.63, 3.8) is 0 Å². The third-order valence-corrected chi connectivity index (χ3v) is 9.09. The first kappa shape index (κ1) is 28.3. The summed E-state index contributed by atoms with van der Waals surface area (Å²) in [5.41, 5.74) is -0.448. The molecule has 2 aromatic heterocycles. The van der Waals surface area contributed by atoms with Gasteiger partial charge in [0.15, 0.2) is 0 Å². The highest BCUT2D eigenvalue weighted by molar-refractivity contribution is 6.00. The van der Waals surface area contributed by atoms with Crippen LogP contribution in [0.2, 0.25) is 0 Å². The minimum atomic E-state index is -4.60. The summed E-state index contributed by atoms with van der Waals surface area (Å²) in [5, 5.41) is 20.4. The van der Waals surface area contributed by atoms with E-state index in [9.17, 15) is 27.5 Å². The monoisotopic (exact) mass is 622 g/mol. The van der Waals surface area contributed by atoms with Crippen molar-refractivity contribution < 1.29 is 36.9 Å². The van der Waals surface area contributed by atoms with Crippen molar-refractivity contribution >= 4 is 16.8 Å². The van der Waals surface area contributed by atoms with Gasteiger partial charge in [-0.05, 0) is 86.9 Å². The number of benzene rings is 2. The Morgan fingerprint density at radius 3 is 2.49 bits per heavy atom. The molecule has 3 fully saturated rings. The summed E-state index contributed by atoms with van der Waals surface area (Å²) in [4.78, 5) is 18.2. The summed E-state index contributed by atoms with van der Waals surface area (Å²) in [6, 6.07) is 10.2. The highest BCUT2D eigenvalue weighted by Gasteiger charge is 2.51. The summed E-state index contributed by atoms with van der Waals surface area (Å²) >= 11 is 0. The van der Waals surface area contributed by atoms with Crippen molar-refractivity contribution in [2.24, 2.45) is 5.92 Å². The van der Waals surface area contributed by atoms with Crippen LogP contribution in [-0.4, -0.2) is 51.2 Å². The third-order valence-electron chi connectivity index (χ3n) is 9.09. The average molecular weight is 623 g/mol. The molecule has 8 nitrogen and oxygen atoms in total. The number of nitrogens with zero attached hydrogens (tertiary/aromatic N) is 3. The molecule has 234 valence electrons. The first-order valence-electron chi connectivity index (χ1n) is 15.3. The highest BCUT2D eigenvalue weighted by atomic mass is 19.4. The number of amides is 1. The van der Waals surface area contributed by atoms with Crippen LogP contribution in [-0.2, 0) is 5.60 Å². The fourth-order valence-corrected chi connectivity index (χ4v) is 6.07. The standard InChI is InChI=1S/C33H30F4N4O4/c34-21-5-1-17(2-6-21)29-30-24(25(15-44-30)33(35,36)37)13-27(39-29)32(43,20-3-4-20)16-38-31(42)18-11-19-14-41(22-7-8-22)40-28(19)26(12-18)45-23-9-10-23/h1-2,5-6,11-14,20,22-23,25,43H,3-4,7-10,15-16H2,(H,38,42)/t25-,32?/m1/s1. The zero-order valence-electron chi connectivity index (χ0n) is 24.1. The normalized spacial score (nSPS) is 20.9. The highest BCUT2D eigenvalue weighted by Crippen LogP contribution is 2.51. The van der Waals surface area contributed by atoms with Crippen LogP contribution in [0.4, 0.5) is 17.6 Å². The summed E-state index contributed by atoms with van der Waals surface area (Å²) in [6.45, 7) is -0.900. The van der Waals surface area contributed by atoms with Gasteiger partial charge >= 0.3 is 6.18 Å². The molecular weight excluding hydrogens is 592 g/mol. The summed E-state index contributed by atoms with van der Waals surface area (Å²) in [5.74, 6) is -2.74. The second kappa shape index (κ2) is 10.2. The number of fused-ring (bicyclic) bond motifs is 2. The van der Waals surface area contributed by atoms with Gasteiger partial charge in [0.2, 0.25) is 0 Å². The number of carbonyl (C=O) groups is 1. The lowest BCUT2D eigenvalue weighted by Gasteiger charge is -2.29. The number of ether oxygens (including phenoxy) is 2. The van der Waals surface area contributed by atoms with Crippen molar-refractivity contribution in [1.29, 1.82) is 0 Å². The minimum absolute atomic E-state index is 0.00189. The number of aliphatic hydroxyl groups is 1. The minimum Gasteiger partial charge on any atom is -0.490 e. The Hall–Kier alpha value is -4.19. The van der Waals surface area contributed by atoms with Gasteiger partial charge in [-0.15, -0.1) is 0 Å². The largest absolute Gasteiger partial charge is 0.490 e. The van der Waals surface area contributed by atoms with E-state index in [1.807, 2.05) is 10.9 Å². The number of carbonyl (C=O) groups excluding carboxylic acids is 1. The molecule has 12 heteroatoms. The predicted octanol–water partition coefficient (Wildman–Crippen LogP) is 6.18. The smallest absolute Gasteiger partial charge is 0.399 e. The van der Waals surface area contributed by atoms with Gasteiger partial charge in [0.25, 0.3) is 5.91 Å². The zero-order chi connectivity index (χ0) is 31.1. The van der Waals surface area contributed by atoms with Gasteiger partial charge in [-0.1, -0.05) is 0 Å². The van der Waals surface area contributed by atoms with E-state index in [0.717, 1.165) is 31.1 Å². The molecule has 3 aliphatic carbocycles. The van der Waals surface area contributed by atoms with Gasteiger partial charge < -0.3 is 19.9 Å². The van der Waals surface area contributed by atoms with Crippen LogP contribution in [0.25, 0.3) is 22.2 Å². The maximum Gasteiger partial charge on any atom is 0.399 e. The van der Waals surface area contributed by atoms with E-state index in [0.29, 0.717) is 41.3 Å². The molecule has 3 heterocycles. The molecule has 4 aliphatic rings. The molecule has 3 saturated carbocycles. The van der Waals surface area contributed by atoms with Crippen LogP contribution in [0.15, 0.2) is 48.7 Å². The van der Waals surface area contributed by atoms with Crippen molar-refractivity contribution in [2.75, 3.05) is 13.2 Å². The number of halogens is 4. The zero-order valence-corrected chi connectivity index (χ0v) is 24.1. The molecule has 1 aliphatic heterocycles. The molecule has 0 radical (unpaired) electrons. The second-order valence-electron chi connectivity index (χ2n) is 12.6. The molecule has 2 atom stereocenters. The van der Waals surface area contributed by atoms with E-state index in [-0.39, 0.29) is 41.3 Å². The second-order valence-corrected chi connectivity index (χ2v) is 12.6. The molecule has 0 saturated heterocycles. The van der Waals surface area contributed by atoms with Crippen molar-refractivity contribution in [3.05, 3.63) is 71.3 Å². The molecule has 1 amide bonds. The Kier molecular flexibility index (Phi) is 6.39. The molecular formula is C33H30F4N4O4. The fraction of sp³-hybridized carbons (Fsp3) is 0.424. The number of pyridine rings is 1. The van der Waals surface area contributed by atoms with Gasteiger partial charge in [0.05, 0.1) is 24.4 Å². The van der Waals surface area contributed by atoms with E-state index in [2.05, 4.69) is 10.3 Å². The van der Waals surface area contributed by atoms with Crippen LogP contribution in [0, 0.1) is 11.7 Å². The number of hydrogen-bond acceptors (Lipinski definition) is 6. The number of rotatable bonds is 9. The van der Waals surface area contributed by atoms with Crippen LogP contribution >= 0.6 is 0 Å². The Morgan fingerprint density at radius 2 is 1.82 bits per heavy atom. The average Bonchev–Trinajstić information content (AvgIpc) is 3.91. The molecule has 0 bridgehead atoms. The van der Waals surface area contributed by atoms with Crippen molar-refractivity contribution in [2.45, 2.75) is 68.4 Å². The maximum atomic E-state index is 14.1. The molecule has 0 spiro atoms. The van der Waals surface area contributed by atoms with Crippen LogP contribution in [0.3, 0.4) is 0 Å². The lowest BCUT2D eigenvalue weighted by molar-refractivity contribution is -0.151. The van der Waals surface area contributed by atoms with Gasteiger partial charge in [0, 0.05) is 28.3 Å². The number of hydrogen-bond donors (Lipinski definition) is 2. The van der Waals surface area contributed by atoms with E-state index in [4.69, 9.17) is 14.6 Å². The molecule has 1 unspecified atom stereocenters. The van der Waals surface area contributed by atoms with Crippen molar-refractivity contribution in [3.8, 4) is 22.8 Å². The Labute approximate surface area is 255 Å². The lowest BCUT2D eigenvalue weighted by atomic mass is 9.88. The van der Waals surface area contributed by atoms with E-state index < -0.39 is 36.0 Å². The molecule has 2 N–H and O–H groups in total. The van der Waals surface area contributed by atoms with Gasteiger partial charge in [-0.25, -0.2) is 9.37 Å².